The fourth-order valence-corrected chi connectivity index (χ4v) is 2.91. The van der Waals surface area contributed by atoms with Gasteiger partial charge in [0.2, 0.25) is 5.91 Å². The van der Waals surface area contributed by atoms with E-state index in [2.05, 4.69) is 19.2 Å². The molecule has 2 rings (SSSR count). The molecule has 0 heterocycles. The highest BCUT2D eigenvalue weighted by atomic mass is 35.5. The quantitative estimate of drug-likeness (QED) is 0.857. The smallest absolute Gasteiger partial charge is 0.223 e. The van der Waals surface area contributed by atoms with Gasteiger partial charge in [-0.1, -0.05) is 37.6 Å². The molecule has 0 unspecified atom stereocenters. The SMILES string of the molecule is CCC(CC)C(=O)NC1(c2ccc(Cl)cc2)CCC1. The Morgan fingerprint density at radius 3 is 2.26 bits per heavy atom. The Hall–Kier alpha value is -1.02. The van der Waals surface area contributed by atoms with Crippen LogP contribution in [0.15, 0.2) is 24.3 Å². The van der Waals surface area contributed by atoms with E-state index in [0.717, 1.165) is 30.7 Å². The Morgan fingerprint density at radius 1 is 1.26 bits per heavy atom. The van der Waals surface area contributed by atoms with E-state index in [1.807, 2.05) is 24.3 Å². The first-order valence-electron chi connectivity index (χ1n) is 7.19. The van der Waals surface area contributed by atoms with Crippen molar-refractivity contribution in [1.29, 1.82) is 0 Å². The van der Waals surface area contributed by atoms with Crippen LogP contribution in [0.3, 0.4) is 0 Å². The lowest BCUT2D eigenvalue weighted by atomic mass is 9.71. The number of rotatable bonds is 5. The van der Waals surface area contributed by atoms with E-state index in [1.165, 1.54) is 12.0 Å². The summed E-state index contributed by atoms with van der Waals surface area (Å²) in [6.45, 7) is 4.15. The highest BCUT2D eigenvalue weighted by Crippen LogP contribution is 2.41. The Labute approximate surface area is 120 Å². The second-order valence-corrected chi connectivity index (χ2v) is 5.88. The summed E-state index contributed by atoms with van der Waals surface area (Å²) in [5, 5.41) is 4.03. The van der Waals surface area contributed by atoms with Gasteiger partial charge in [-0.25, -0.2) is 0 Å². The van der Waals surface area contributed by atoms with Gasteiger partial charge in [-0.2, -0.15) is 0 Å². The van der Waals surface area contributed by atoms with Crippen LogP contribution in [0.25, 0.3) is 0 Å². The summed E-state index contributed by atoms with van der Waals surface area (Å²) in [7, 11) is 0. The molecule has 19 heavy (non-hydrogen) atoms. The number of carbonyl (C=O) groups is 1. The Bertz CT molecular complexity index is 433. The van der Waals surface area contributed by atoms with Gasteiger partial charge < -0.3 is 5.32 Å². The first-order valence-corrected chi connectivity index (χ1v) is 7.57. The summed E-state index contributed by atoms with van der Waals surface area (Å²) in [5.74, 6) is 0.324. The standard InChI is InChI=1S/C16H22ClNO/c1-3-12(4-2)15(19)18-16(10-5-11-16)13-6-8-14(17)9-7-13/h6-9,12H,3-5,10-11H2,1-2H3,(H,18,19). The molecule has 0 spiro atoms. The predicted octanol–water partition coefficient (Wildman–Crippen LogP) is 4.27. The second kappa shape index (κ2) is 5.96. The third-order valence-electron chi connectivity index (χ3n) is 4.32. The van der Waals surface area contributed by atoms with Crippen LogP contribution in [0.1, 0.15) is 51.5 Å². The average Bonchev–Trinajstić information content (AvgIpc) is 2.36. The number of amides is 1. The molecule has 0 aromatic heterocycles. The van der Waals surface area contributed by atoms with Crippen molar-refractivity contribution in [2.75, 3.05) is 0 Å². The summed E-state index contributed by atoms with van der Waals surface area (Å²) < 4.78 is 0. The van der Waals surface area contributed by atoms with Crippen molar-refractivity contribution < 1.29 is 4.79 Å². The van der Waals surface area contributed by atoms with Crippen LogP contribution in [0, 0.1) is 5.92 Å². The van der Waals surface area contributed by atoms with Gasteiger partial charge in [-0.15, -0.1) is 0 Å². The predicted molar refractivity (Wildman–Crippen MR) is 79.2 cm³/mol. The lowest BCUT2D eigenvalue weighted by Crippen LogP contribution is -2.52. The van der Waals surface area contributed by atoms with E-state index in [1.54, 1.807) is 0 Å². The molecule has 1 fully saturated rings. The van der Waals surface area contributed by atoms with Gasteiger partial charge in [0.15, 0.2) is 0 Å². The minimum absolute atomic E-state index is 0.129. The number of hydrogen-bond acceptors (Lipinski definition) is 1. The van der Waals surface area contributed by atoms with Gasteiger partial charge in [0.05, 0.1) is 5.54 Å². The molecule has 1 saturated carbocycles. The van der Waals surface area contributed by atoms with E-state index in [4.69, 9.17) is 11.6 Å². The van der Waals surface area contributed by atoms with E-state index < -0.39 is 0 Å². The van der Waals surface area contributed by atoms with Gasteiger partial charge in [0, 0.05) is 10.9 Å². The Kier molecular flexibility index (Phi) is 4.51. The molecule has 2 nitrogen and oxygen atoms in total. The second-order valence-electron chi connectivity index (χ2n) is 5.45. The number of hydrogen-bond donors (Lipinski definition) is 1. The van der Waals surface area contributed by atoms with Crippen molar-refractivity contribution in [2.24, 2.45) is 5.92 Å². The van der Waals surface area contributed by atoms with Crippen LogP contribution in [-0.4, -0.2) is 5.91 Å². The molecule has 1 aliphatic rings. The number of nitrogens with one attached hydrogen (secondary N) is 1. The van der Waals surface area contributed by atoms with Crippen molar-refractivity contribution in [3.63, 3.8) is 0 Å². The molecule has 1 aliphatic carbocycles. The normalized spacial score (nSPS) is 17.1. The molecule has 0 aliphatic heterocycles. The molecule has 0 bridgehead atoms. The van der Waals surface area contributed by atoms with Crippen molar-refractivity contribution >= 4 is 17.5 Å². The number of benzene rings is 1. The summed E-state index contributed by atoms with van der Waals surface area (Å²) in [4.78, 5) is 12.3. The van der Waals surface area contributed by atoms with Gasteiger partial charge in [0.25, 0.3) is 0 Å². The first-order chi connectivity index (χ1) is 9.11. The van der Waals surface area contributed by atoms with E-state index >= 15 is 0 Å². The fraction of sp³-hybridized carbons (Fsp3) is 0.562. The largest absolute Gasteiger partial charge is 0.346 e. The first kappa shape index (κ1) is 14.4. The molecule has 0 radical (unpaired) electrons. The third kappa shape index (κ3) is 2.94. The zero-order valence-corrected chi connectivity index (χ0v) is 12.5. The van der Waals surface area contributed by atoms with E-state index in [9.17, 15) is 4.79 Å². The van der Waals surface area contributed by atoms with Crippen LogP contribution >= 0.6 is 11.6 Å². The lowest BCUT2D eigenvalue weighted by molar-refractivity contribution is -0.128. The van der Waals surface area contributed by atoms with E-state index in [-0.39, 0.29) is 17.4 Å². The summed E-state index contributed by atoms with van der Waals surface area (Å²) in [6, 6.07) is 7.88. The number of carbonyl (C=O) groups excluding carboxylic acids is 1. The van der Waals surface area contributed by atoms with Gasteiger partial charge in [0.1, 0.15) is 0 Å². The van der Waals surface area contributed by atoms with Gasteiger partial charge in [-0.05, 0) is 49.8 Å². The van der Waals surface area contributed by atoms with Crippen molar-refractivity contribution in [3.05, 3.63) is 34.9 Å². The van der Waals surface area contributed by atoms with Crippen molar-refractivity contribution in [3.8, 4) is 0 Å². The van der Waals surface area contributed by atoms with Crippen LogP contribution in [-0.2, 0) is 10.3 Å². The monoisotopic (exact) mass is 279 g/mol. The molecular weight excluding hydrogens is 258 g/mol. The van der Waals surface area contributed by atoms with Crippen molar-refractivity contribution in [2.45, 2.75) is 51.5 Å². The molecule has 1 aromatic rings. The highest BCUT2D eigenvalue weighted by molar-refractivity contribution is 6.30. The fourth-order valence-electron chi connectivity index (χ4n) is 2.78. The maximum atomic E-state index is 12.3. The highest BCUT2D eigenvalue weighted by Gasteiger charge is 2.40. The maximum Gasteiger partial charge on any atom is 0.223 e. The zero-order chi connectivity index (χ0) is 13.9. The zero-order valence-electron chi connectivity index (χ0n) is 11.7. The Morgan fingerprint density at radius 2 is 1.84 bits per heavy atom. The maximum absolute atomic E-state index is 12.3. The molecule has 104 valence electrons. The molecule has 1 aromatic carbocycles. The van der Waals surface area contributed by atoms with Crippen LogP contribution in [0.4, 0.5) is 0 Å². The molecule has 0 atom stereocenters. The average molecular weight is 280 g/mol. The molecule has 1 amide bonds. The lowest BCUT2D eigenvalue weighted by Gasteiger charge is -2.44. The molecule has 3 heteroatoms. The van der Waals surface area contributed by atoms with Crippen LogP contribution in [0.2, 0.25) is 5.02 Å². The summed E-state index contributed by atoms with van der Waals surface area (Å²) in [6.07, 6.45) is 5.03. The third-order valence-corrected chi connectivity index (χ3v) is 4.57. The van der Waals surface area contributed by atoms with Gasteiger partial charge >= 0.3 is 0 Å². The minimum atomic E-state index is -0.149. The number of halogens is 1. The minimum Gasteiger partial charge on any atom is -0.346 e. The topological polar surface area (TPSA) is 29.1 Å². The van der Waals surface area contributed by atoms with Crippen molar-refractivity contribution in [1.82, 2.24) is 5.32 Å². The summed E-state index contributed by atoms with van der Waals surface area (Å²) >= 11 is 5.94. The van der Waals surface area contributed by atoms with Crippen LogP contribution < -0.4 is 5.32 Å². The van der Waals surface area contributed by atoms with E-state index in [0.29, 0.717) is 0 Å². The Balaban J connectivity index is 2.15. The molecule has 0 saturated heterocycles. The summed E-state index contributed by atoms with van der Waals surface area (Å²) in [5.41, 5.74) is 1.03. The molecular formula is C16H22ClNO. The van der Waals surface area contributed by atoms with Gasteiger partial charge in [-0.3, -0.25) is 4.79 Å². The van der Waals surface area contributed by atoms with Crippen LogP contribution in [0.5, 0.6) is 0 Å². The molecule has 1 N–H and O–H groups in total.